The minimum absolute atomic E-state index is 0.174. The zero-order chi connectivity index (χ0) is 16.4. The molecule has 0 fully saturated rings. The molecule has 0 aliphatic carbocycles. The summed E-state index contributed by atoms with van der Waals surface area (Å²) in [5.74, 6) is 0. The van der Waals surface area contributed by atoms with Crippen LogP contribution < -0.4 is 5.43 Å². The van der Waals surface area contributed by atoms with Gasteiger partial charge in [-0.3, -0.25) is 4.79 Å². The van der Waals surface area contributed by atoms with E-state index in [1.54, 1.807) is 0 Å². The maximum absolute atomic E-state index is 13.0. The van der Waals surface area contributed by atoms with E-state index >= 15 is 0 Å². The fraction of sp³-hybridized carbons (Fsp3) is 0.381. The van der Waals surface area contributed by atoms with Crippen molar-refractivity contribution < 1.29 is 0 Å². The molecular formula is C21H25NO. The number of rotatable bonds is 5. The second kappa shape index (κ2) is 6.57. The lowest BCUT2D eigenvalue weighted by molar-refractivity contribution is 0.661. The lowest BCUT2D eigenvalue weighted by Gasteiger charge is -2.18. The number of aryl methyl sites for hydroxylation is 3. The van der Waals surface area contributed by atoms with Crippen molar-refractivity contribution in [3.05, 3.63) is 57.7 Å². The standard InChI is InChI=1S/C21H25NO/c1-4-7-12-22-19-11-9-8-10-17(19)21(23)18-14-15(5-2)13-16(6-3)20(18)22/h8-11,13-14H,4-7,12H2,1-3H3. The monoisotopic (exact) mass is 307 g/mol. The van der Waals surface area contributed by atoms with E-state index in [1.165, 1.54) is 11.1 Å². The van der Waals surface area contributed by atoms with Gasteiger partial charge < -0.3 is 4.57 Å². The predicted octanol–water partition coefficient (Wildman–Crippen LogP) is 5.08. The Labute approximate surface area is 137 Å². The third kappa shape index (κ3) is 2.67. The number of nitrogens with zero attached hydrogens (tertiary/aromatic N) is 1. The zero-order valence-electron chi connectivity index (χ0n) is 14.4. The van der Waals surface area contributed by atoms with Gasteiger partial charge in [-0.1, -0.05) is 45.4 Å². The molecule has 23 heavy (non-hydrogen) atoms. The van der Waals surface area contributed by atoms with Crippen LogP contribution in [0.25, 0.3) is 21.8 Å². The fourth-order valence-electron chi connectivity index (χ4n) is 3.44. The summed E-state index contributed by atoms with van der Waals surface area (Å²) in [6, 6.07) is 12.4. The summed E-state index contributed by atoms with van der Waals surface area (Å²) in [4.78, 5) is 13.0. The number of hydrogen-bond acceptors (Lipinski definition) is 1. The van der Waals surface area contributed by atoms with Crippen LogP contribution in [0.2, 0.25) is 0 Å². The van der Waals surface area contributed by atoms with Crippen molar-refractivity contribution in [2.24, 2.45) is 0 Å². The molecule has 1 aromatic heterocycles. The van der Waals surface area contributed by atoms with E-state index in [9.17, 15) is 4.79 Å². The number of benzene rings is 2. The number of hydrogen-bond donors (Lipinski definition) is 0. The van der Waals surface area contributed by atoms with Crippen LogP contribution in [-0.4, -0.2) is 4.57 Å². The zero-order valence-corrected chi connectivity index (χ0v) is 14.4. The molecule has 0 amide bonds. The molecule has 2 nitrogen and oxygen atoms in total. The van der Waals surface area contributed by atoms with Crippen molar-refractivity contribution in [2.75, 3.05) is 0 Å². The highest BCUT2D eigenvalue weighted by atomic mass is 16.1. The van der Waals surface area contributed by atoms with Gasteiger partial charge in [0.25, 0.3) is 0 Å². The van der Waals surface area contributed by atoms with E-state index in [0.717, 1.165) is 54.0 Å². The average Bonchev–Trinajstić information content (AvgIpc) is 2.61. The van der Waals surface area contributed by atoms with Crippen molar-refractivity contribution in [3.63, 3.8) is 0 Å². The Morgan fingerprint density at radius 2 is 1.74 bits per heavy atom. The van der Waals surface area contributed by atoms with Crippen LogP contribution in [0.5, 0.6) is 0 Å². The maximum atomic E-state index is 13.0. The lowest BCUT2D eigenvalue weighted by Crippen LogP contribution is -2.14. The van der Waals surface area contributed by atoms with Crippen LogP contribution in [0.15, 0.2) is 41.2 Å². The third-order valence-electron chi connectivity index (χ3n) is 4.73. The van der Waals surface area contributed by atoms with Gasteiger partial charge in [-0.2, -0.15) is 0 Å². The molecule has 0 saturated carbocycles. The first kappa shape index (κ1) is 15.8. The van der Waals surface area contributed by atoms with Crippen LogP contribution in [0.1, 0.15) is 44.7 Å². The molecule has 0 unspecified atom stereocenters. The molecule has 3 aromatic rings. The number of aromatic nitrogens is 1. The van der Waals surface area contributed by atoms with Crippen molar-refractivity contribution in [2.45, 2.75) is 53.0 Å². The minimum atomic E-state index is 0.174. The van der Waals surface area contributed by atoms with E-state index in [4.69, 9.17) is 0 Å². The Hall–Kier alpha value is -2.09. The van der Waals surface area contributed by atoms with E-state index < -0.39 is 0 Å². The van der Waals surface area contributed by atoms with Crippen LogP contribution in [-0.2, 0) is 19.4 Å². The molecule has 0 atom stereocenters. The molecule has 0 radical (unpaired) electrons. The number of para-hydroxylation sites is 1. The molecule has 0 N–H and O–H groups in total. The fourth-order valence-corrected chi connectivity index (χ4v) is 3.44. The highest BCUT2D eigenvalue weighted by Gasteiger charge is 2.14. The van der Waals surface area contributed by atoms with Crippen LogP contribution >= 0.6 is 0 Å². The van der Waals surface area contributed by atoms with Crippen molar-refractivity contribution in [1.29, 1.82) is 0 Å². The van der Waals surface area contributed by atoms with Crippen molar-refractivity contribution in [1.82, 2.24) is 4.57 Å². The summed E-state index contributed by atoms with van der Waals surface area (Å²) in [7, 11) is 0. The van der Waals surface area contributed by atoms with Crippen LogP contribution in [0.3, 0.4) is 0 Å². The molecule has 0 bridgehead atoms. The first-order chi connectivity index (χ1) is 11.2. The van der Waals surface area contributed by atoms with Gasteiger partial charge in [0.05, 0.1) is 11.0 Å². The normalized spacial score (nSPS) is 11.4. The summed E-state index contributed by atoms with van der Waals surface area (Å²) >= 11 is 0. The Balaban J connectivity index is 2.50. The molecule has 2 heteroatoms. The molecular weight excluding hydrogens is 282 g/mol. The Bertz CT molecular complexity index is 905. The number of unbranched alkanes of at least 4 members (excludes halogenated alkanes) is 1. The predicted molar refractivity (Wildman–Crippen MR) is 99.4 cm³/mol. The Kier molecular flexibility index (Phi) is 4.51. The van der Waals surface area contributed by atoms with E-state index in [0.29, 0.717) is 0 Å². The Morgan fingerprint density at radius 1 is 0.957 bits per heavy atom. The summed E-state index contributed by atoms with van der Waals surface area (Å²) in [6.07, 6.45) is 4.19. The SMILES string of the molecule is CCCCn1c2ccccc2c(=O)c2cc(CC)cc(CC)c21. The van der Waals surface area contributed by atoms with Gasteiger partial charge in [0.15, 0.2) is 5.43 Å². The summed E-state index contributed by atoms with van der Waals surface area (Å²) < 4.78 is 2.37. The summed E-state index contributed by atoms with van der Waals surface area (Å²) in [5, 5.41) is 1.72. The van der Waals surface area contributed by atoms with E-state index in [1.807, 2.05) is 18.2 Å². The van der Waals surface area contributed by atoms with Gasteiger partial charge in [-0.25, -0.2) is 0 Å². The van der Waals surface area contributed by atoms with Crippen molar-refractivity contribution in [3.8, 4) is 0 Å². The Morgan fingerprint density at radius 3 is 2.43 bits per heavy atom. The van der Waals surface area contributed by atoms with Gasteiger partial charge in [-0.05, 0) is 48.6 Å². The molecule has 0 aliphatic rings. The van der Waals surface area contributed by atoms with Gasteiger partial charge in [0.1, 0.15) is 0 Å². The average molecular weight is 307 g/mol. The van der Waals surface area contributed by atoms with Crippen LogP contribution in [0, 0.1) is 0 Å². The molecule has 120 valence electrons. The van der Waals surface area contributed by atoms with Crippen molar-refractivity contribution >= 4 is 21.8 Å². The van der Waals surface area contributed by atoms with Gasteiger partial charge >= 0.3 is 0 Å². The molecule has 0 aliphatic heterocycles. The smallest absolute Gasteiger partial charge is 0.197 e. The highest BCUT2D eigenvalue weighted by molar-refractivity contribution is 5.95. The molecule has 1 heterocycles. The van der Waals surface area contributed by atoms with E-state index in [-0.39, 0.29) is 5.43 Å². The number of pyridine rings is 1. The quantitative estimate of drug-likeness (QED) is 0.602. The summed E-state index contributed by atoms with van der Waals surface area (Å²) in [5.41, 5.74) is 4.93. The topological polar surface area (TPSA) is 22.0 Å². The summed E-state index contributed by atoms with van der Waals surface area (Å²) in [6.45, 7) is 7.50. The maximum Gasteiger partial charge on any atom is 0.197 e. The van der Waals surface area contributed by atoms with Gasteiger partial charge in [0, 0.05) is 17.3 Å². The highest BCUT2D eigenvalue weighted by Crippen LogP contribution is 2.25. The minimum Gasteiger partial charge on any atom is -0.340 e. The van der Waals surface area contributed by atoms with Gasteiger partial charge in [0.2, 0.25) is 0 Å². The van der Waals surface area contributed by atoms with E-state index in [2.05, 4.69) is 43.5 Å². The van der Waals surface area contributed by atoms with Crippen LogP contribution in [0.4, 0.5) is 0 Å². The number of fused-ring (bicyclic) bond motifs is 2. The third-order valence-corrected chi connectivity index (χ3v) is 4.73. The second-order valence-corrected chi connectivity index (χ2v) is 6.21. The lowest BCUT2D eigenvalue weighted by atomic mass is 9.99. The van der Waals surface area contributed by atoms with Gasteiger partial charge in [-0.15, -0.1) is 0 Å². The molecule has 3 rings (SSSR count). The second-order valence-electron chi connectivity index (χ2n) is 6.21. The molecule has 0 spiro atoms. The largest absolute Gasteiger partial charge is 0.340 e. The first-order valence-corrected chi connectivity index (χ1v) is 8.78. The molecule has 2 aromatic carbocycles. The first-order valence-electron chi connectivity index (χ1n) is 8.78. The molecule has 0 saturated heterocycles.